The average Bonchev–Trinajstić information content (AvgIpc) is 2.68. The molecule has 0 bridgehead atoms. The molecule has 3 heterocycles. The van der Waals surface area contributed by atoms with Gasteiger partial charge < -0.3 is 4.74 Å². The Kier molecular flexibility index (Phi) is 4.51. The quantitative estimate of drug-likeness (QED) is 0.864. The van der Waals surface area contributed by atoms with Crippen LogP contribution in [0.4, 0.5) is 5.69 Å². The number of anilines is 1. The van der Waals surface area contributed by atoms with E-state index in [1.807, 2.05) is 23.1 Å². The van der Waals surface area contributed by atoms with Crippen LogP contribution in [0.2, 0.25) is 0 Å². The van der Waals surface area contributed by atoms with E-state index in [4.69, 9.17) is 4.74 Å². The fourth-order valence-corrected chi connectivity index (χ4v) is 3.71. The summed E-state index contributed by atoms with van der Waals surface area (Å²) >= 11 is 0. The molecule has 130 valence electrons. The van der Waals surface area contributed by atoms with Gasteiger partial charge in [-0.2, -0.15) is 0 Å². The Bertz CT molecular complexity index is 757. The number of ether oxygens (including phenoxy) is 1. The van der Waals surface area contributed by atoms with Crippen molar-refractivity contribution in [1.29, 1.82) is 0 Å². The van der Waals surface area contributed by atoms with Crippen LogP contribution in [0.15, 0.2) is 42.6 Å². The van der Waals surface area contributed by atoms with Crippen molar-refractivity contribution in [2.45, 2.75) is 25.9 Å². The lowest BCUT2D eigenvalue weighted by Crippen LogP contribution is -2.54. The van der Waals surface area contributed by atoms with Crippen molar-refractivity contribution >= 4 is 11.6 Å². The molecule has 0 aliphatic carbocycles. The van der Waals surface area contributed by atoms with E-state index in [2.05, 4.69) is 35.0 Å². The van der Waals surface area contributed by atoms with Crippen LogP contribution in [0.5, 0.6) is 0 Å². The van der Waals surface area contributed by atoms with Gasteiger partial charge in [-0.1, -0.05) is 18.2 Å². The summed E-state index contributed by atoms with van der Waals surface area (Å²) in [6, 6.07) is 12.3. The third-order valence-electron chi connectivity index (χ3n) is 5.13. The molecule has 4 rings (SSSR count). The largest absolute Gasteiger partial charge is 0.379 e. The highest BCUT2D eigenvalue weighted by molar-refractivity contribution is 5.97. The van der Waals surface area contributed by atoms with Gasteiger partial charge >= 0.3 is 0 Å². The molecule has 1 saturated heterocycles. The van der Waals surface area contributed by atoms with Crippen LogP contribution in [0.25, 0.3) is 11.3 Å². The molecule has 1 aromatic carbocycles. The highest BCUT2D eigenvalue weighted by Crippen LogP contribution is 2.34. The van der Waals surface area contributed by atoms with Gasteiger partial charge in [0, 0.05) is 37.0 Å². The molecule has 1 aromatic heterocycles. The molecule has 5 heteroatoms. The number of aryl methyl sites for hydroxylation is 1. The highest BCUT2D eigenvalue weighted by atomic mass is 16.5. The molecule has 1 atom stereocenters. The van der Waals surface area contributed by atoms with Gasteiger partial charge in [-0.05, 0) is 37.1 Å². The minimum absolute atomic E-state index is 0.0365. The Morgan fingerprint density at radius 1 is 1.12 bits per heavy atom. The van der Waals surface area contributed by atoms with E-state index in [-0.39, 0.29) is 12.1 Å². The van der Waals surface area contributed by atoms with Crippen molar-refractivity contribution in [3.63, 3.8) is 0 Å². The number of nitrogens with zero attached hydrogens (tertiary/aromatic N) is 3. The standard InChI is InChI=1S/C20H23N3O2/c1-15(22-10-12-25-13-11-22)23-19-14-17(18-4-2-3-9-21-18)6-5-16(19)7-8-20(23)24/h2-6,9,14-15H,7-8,10-13H2,1H3. The van der Waals surface area contributed by atoms with Gasteiger partial charge in [0.1, 0.15) is 0 Å². The third kappa shape index (κ3) is 3.17. The number of benzene rings is 1. The van der Waals surface area contributed by atoms with Crippen molar-refractivity contribution < 1.29 is 9.53 Å². The van der Waals surface area contributed by atoms with E-state index < -0.39 is 0 Å². The Hall–Kier alpha value is -2.24. The van der Waals surface area contributed by atoms with Crippen LogP contribution in [-0.2, 0) is 16.0 Å². The molecular weight excluding hydrogens is 314 g/mol. The summed E-state index contributed by atoms with van der Waals surface area (Å²) < 4.78 is 5.46. The zero-order chi connectivity index (χ0) is 17.2. The first-order valence-electron chi connectivity index (χ1n) is 8.92. The van der Waals surface area contributed by atoms with E-state index in [1.165, 1.54) is 5.56 Å². The second-order valence-electron chi connectivity index (χ2n) is 6.60. The molecule has 2 aliphatic rings. The van der Waals surface area contributed by atoms with Crippen LogP contribution in [-0.4, -0.2) is 48.3 Å². The number of pyridine rings is 1. The number of aromatic nitrogens is 1. The second-order valence-corrected chi connectivity index (χ2v) is 6.60. The summed E-state index contributed by atoms with van der Waals surface area (Å²) in [7, 11) is 0. The smallest absolute Gasteiger partial charge is 0.228 e. The molecular formula is C20H23N3O2. The van der Waals surface area contributed by atoms with Crippen molar-refractivity contribution in [2.75, 3.05) is 31.2 Å². The van der Waals surface area contributed by atoms with Gasteiger partial charge in [0.15, 0.2) is 0 Å². The molecule has 1 unspecified atom stereocenters. The number of rotatable bonds is 3. The van der Waals surface area contributed by atoms with E-state index in [0.717, 1.165) is 49.7 Å². The number of carbonyl (C=O) groups is 1. The highest BCUT2D eigenvalue weighted by Gasteiger charge is 2.32. The minimum Gasteiger partial charge on any atom is -0.379 e. The van der Waals surface area contributed by atoms with Gasteiger partial charge in [0.05, 0.1) is 25.1 Å². The van der Waals surface area contributed by atoms with Crippen LogP contribution < -0.4 is 4.90 Å². The maximum absolute atomic E-state index is 12.7. The maximum Gasteiger partial charge on any atom is 0.228 e. The van der Waals surface area contributed by atoms with Crippen molar-refractivity contribution in [1.82, 2.24) is 9.88 Å². The second kappa shape index (κ2) is 6.94. The van der Waals surface area contributed by atoms with E-state index >= 15 is 0 Å². The predicted molar refractivity (Wildman–Crippen MR) is 97.3 cm³/mol. The topological polar surface area (TPSA) is 45.7 Å². The number of fused-ring (bicyclic) bond motifs is 1. The molecule has 0 N–H and O–H groups in total. The van der Waals surface area contributed by atoms with Gasteiger partial charge in [0.25, 0.3) is 0 Å². The number of amides is 1. The fraction of sp³-hybridized carbons (Fsp3) is 0.400. The lowest BCUT2D eigenvalue weighted by Gasteiger charge is -2.41. The van der Waals surface area contributed by atoms with Crippen LogP contribution in [0, 0.1) is 0 Å². The molecule has 1 amide bonds. The number of hydrogen-bond donors (Lipinski definition) is 0. The molecule has 1 fully saturated rings. The zero-order valence-electron chi connectivity index (χ0n) is 14.5. The summed E-state index contributed by atoms with van der Waals surface area (Å²) in [6.45, 7) is 5.30. The Morgan fingerprint density at radius 3 is 2.72 bits per heavy atom. The van der Waals surface area contributed by atoms with Crippen LogP contribution in [0.1, 0.15) is 18.9 Å². The molecule has 5 nitrogen and oxygen atoms in total. The molecule has 2 aliphatic heterocycles. The fourth-order valence-electron chi connectivity index (χ4n) is 3.71. The maximum atomic E-state index is 12.7. The summed E-state index contributed by atoms with van der Waals surface area (Å²) in [5.41, 5.74) is 4.24. The van der Waals surface area contributed by atoms with Crippen LogP contribution in [0.3, 0.4) is 0 Å². The number of carbonyl (C=O) groups excluding carboxylic acids is 1. The minimum atomic E-state index is 0.0365. The first-order chi connectivity index (χ1) is 12.2. The van der Waals surface area contributed by atoms with Gasteiger partial charge in [-0.25, -0.2) is 0 Å². The summed E-state index contributed by atoms with van der Waals surface area (Å²) in [5, 5.41) is 0. The van der Waals surface area contributed by atoms with E-state index in [1.54, 1.807) is 6.20 Å². The zero-order valence-corrected chi connectivity index (χ0v) is 14.5. The number of hydrogen-bond acceptors (Lipinski definition) is 4. The molecule has 0 spiro atoms. The molecule has 2 aromatic rings. The Balaban J connectivity index is 1.70. The number of morpholine rings is 1. The van der Waals surface area contributed by atoms with E-state index in [9.17, 15) is 4.79 Å². The van der Waals surface area contributed by atoms with Crippen LogP contribution >= 0.6 is 0 Å². The SMILES string of the molecule is CC(N1CCOCC1)N1C(=O)CCc2ccc(-c3ccccn3)cc21. The normalized spacial score (nSPS) is 19.6. The summed E-state index contributed by atoms with van der Waals surface area (Å²) in [5.74, 6) is 0.199. The lowest BCUT2D eigenvalue weighted by molar-refractivity contribution is -0.120. The molecule has 0 saturated carbocycles. The van der Waals surface area contributed by atoms with Gasteiger partial charge in [-0.3, -0.25) is 19.6 Å². The van der Waals surface area contributed by atoms with Crippen molar-refractivity contribution in [2.24, 2.45) is 0 Å². The first-order valence-corrected chi connectivity index (χ1v) is 8.92. The average molecular weight is 337 g/mol. The monoisotopic (exact) mass is 337 g/mol. The molecule has 25 heavy (non-hydrogen) atoms. The lowest BCUT2D eigenvalue weighted by atomic mass is 9.97. The van der Waals surface area contributed by atoms with Gasteiger partial charge in [0.2, 0.25) is 5.91 Å². The Morgan fingerprint density at radius 2 is 1.96 bits per heavy atom. The van der Waals surface area contributed by atoms with Crippen molar-refractivity contribution in [3.8, 4) is 11.3 Å². The van der Waals surface area contributed by atoms with Gasteiger partial charge in [-0.15, -0.1) is 0 Å². The van der Waals surface area contributed by atoms with Crippen molar-refractivity contribution in [3.05, 3.63) is 48.2 Å². The predicted octanol–water partition coefficient (Wildman–Crippen LogP) is 2.71. The first kappa shape index (κ1) is 16.2. The summed E-state index contributed by atoms with van der Waals surface area (Å²) in [4.78, 5) is 21.5. The summed E-state index contributed by atoms with van der Waals surface area (Å²) in [6.07, 6.45) is 3.22. The third-order valence-corrected chi connectivity index (χ3v) is 5.13. The van der Waals surface area contributed by atoms with E-state index in [0.29, 0.717) is 6.42 Å². The Labute approximate surface area is 148 Å². The molecule has 0 radical (unpaired) electrons.